The first-order valence-corrected chi connectivity index (χ1v) is 6.44. The number of rotatable bonds is 5. The van der Waals surface area contributed by atoms with Gasteiger partial charge in [0, 0.05) is 7.11 Å². The average Bonchev–Trinajstić information content (AvgIpc) is 2.21. The highest BCUT2D eigenvalue weighted by Crippen LogP contribution is 2.08. The maximum absolute atomic E-state index is 11.6. The summed E-state index contributed by atoms with van der Waals surface area (Å²) < 4.78 is 10.1. The van der Waals surface area contributed by atoms with E-state index in [0.29, 0.717) is 0 Å². The van der Waals surface area contributed by atoms with Crippen LogP contribution in [-0.4, -0.2) is 42.1 Å². The highest BCUT2D eigenvalue weighted by Gasteiger charge is 2.28. The number of nitrogens with one attached hydrogen (secondary N) is 1. The Balaban J connectivity index is 4.54. The molecule has 0 fully saturated rings. The fraction of sp³-hybridized carbons (Fsp3) is 0.818. The van der Waals surface area contributed by atoms with Gasteiger partial charge in [-0.15, -0.1) is 0 Å². The van der Waals surface area contributed by atoms with Gasteiger partial charge in [0.15, 0.2) is 5.78 Å². The first-order chi connectivity index (χ1) is 7.71. The van der Waals surface area contributed by atoms with Crippen LogP contribution in [-0.2, 0) is 14.3 Å². The summed E-state index contributed by atoms with van der Waals surface area (Å²) in [5.41, 5.74) is -0.595. The summed E-state index contributed by atoms with van der Waals surface area (Å²) in [6.45, 7) is 6.98. The lowest BCUT2D eigenvalue weighted by atomic mass is 10.1. The van der Waals surface area contributed by atoms with Crippen molar-refractivity contribution in [2.24, 2.45) is 0 Å². The minimum absolute atomic E-state index is 0.154. The second kappa shape index (κ2) is 6.96. The number of Topliss-reactive ketones (excluding diaryl/α,β-unsaturated/α-hetero) is 1. The predicted molar refractivity (Wildman–Crippen MR) is 68.4 cm³/mol. The van der Waals surface area contributed by atoms with Gasteiger partial charge in [0.2, 0.25) is 0 Å². The van der Waals surface area contributed by atoms with E-state index >= 15 is 0 Å². The molecule has 0 rings (SSSR count). The number of ether oxygens (including phenoxy) is 2. The Morgan fingerprint density at radius 1 is 1.35 bits per heavy atom. The Morgan fingerprint density at radius 2 is 1.88 bits per heavy atom. The molecular weight excluding hydrogens is 290 g/mol. The monoisotopic (exact) mass is 309 g/mol. The van der Waals surface area contributed by atoms with Crippen molar-refractivity contribution in [3.63, 3.8) is 0 Å². The smallest absolute Gasteiger partial charge is 0.408 e. The summed E-state index contributed by atoms with van der Waals surface area (Å²) in [7, 11) is 1.48. The van der Waals surface area contributed by atoms with Gasteiger partial charge in [-0.1, -0.05) is 15.9 Å². The van der Waals surface area contributed by atoms with Crippen molar-refractivity contribution in [1.82, 2.24) is 5.32 Å². The van der Waals surface area contributed by atoms with Crippen LogP contribution in [0.15, 0.2) is 0 Å². The van der Waals surface area contributed by atoms with Crippen LogP contribution in [0.1, 0.15) is 27.7 Å². The summed E-state index contributed by atoms with van der Waals surface area (Å²) in [5.74, 6) is -0.162. The van der Waals surface area contributed by atoms with Crippen molar-refractivity contribution in [1.29, 1.82) is 0 Å². The highest BCUT2D eigenvalue weighted by atomic mass is 79.9. The molecule has 6 heteroatoms. The molecule has 1 N–H and O–H groups in total. The first kappa shape index (κ1) is 16.4. The van der Waals surface area contributed by atoms with Crippen molar-refractivity contribution in [2.45, 2.75) is 45.4 Å². The van der Waals surface area contributed by atoms with Gasteiger partial charge in [0.05, 0.1) is 11.4 Å². The van der Waals surface area contributed by atoms with Gasteiger partial charge in [-0.2, -0.15) is 0 Å². The second-order valence-corrected chi connectivity index (χ2v) is 5.23. The lowest BCUT2D eigenvalue weighted by molar-refractivity contribution is -0.121. The molecule has 1 amide bonds. The number of carbonyl (C=O) groups excluding carboxylic acids is 2. The summed E-state index contributed by atoms with van der Waals surface area (Å²) in [4.78, 5) is 23.2. The van der Waals surface area contributed by atoms with Crippen molar-refractivity contribution < 1.29 is 19.1 Å². The number of hydrogen-bond donors (Lipinski definition) is 1. The highest BCUT2D eigenvalue weighted by molar-refractivity contribution is 9.09. The molecule has 0 aliphatic carbocycles. The average molecular weight is 310 g/mol. The summed E-state index contributed by atoms with van der Waals surface area (Å²) in [6.07, 6.45) is -1.03. The van der Waals surface area contributed by atoms with Crippen LogP contribution in [0.25, 0.3) is 0 Å². The van der Waals surface area contributed by atoms with Crippen molar-refractivity contribution in [3.8, 4) is 0 Å². The van der Waals surface area contributed by atoms with Crippen molar-refractivity contribution >= 4 is 27.8 Å². The first-order valence-electron chi connectivity index (χ1n) is 5.32. The second-order valence-electron chi connectivity index (χ2n) is 4.66. The lowest BCUT2D eigenvalue weighted by Crippen LogP contribution is -2.50. The van der Waals surface area contributed by atoms with E-state index in [1.54, 1.807) is 27.7 Å². The third-order valence-electron chi connectivity index (χ3n) is 1.99. The molecule has 0 aliphatic heterocycles. The van der Waals surface area contributed by atoms with E-state index in [1.165, 1.54) is 7.11 Å². The third-order valence-corrected chi connectivity index (χ3v) is 2.54. The van der Waals surface area contributed by atoms with Crippen LogP contribution in [0.4, 0.5) is 4.79 Å². The summed E-state index contributed by atoms with van der Waals surface area (Å²) in [5, 5.41) is 2.66. The lowest BCUT2D eigenvalue weighted by Gasteiger charge is -2.25. The molecule has 17 heavy (non-hydrogen) atoms. The number of amides is 1. The van der Waals surface area contributed by atoms with Crippen LogP contribution in [0.5, 0.6) is 0 Å². The predicted octanol–water partition coefficient (Wildman–Crippen LogP) is 1.88. The molecule has 2 atom stereocenters. The zero-order valence-electron chi connectivity index (χ0n) is 10.9. The van der Waals surface area contributed by atoms with Gasteiger partial charge >= 0.3 is 6.09 Å². The Hall–Kier alpha value is -0.620. The minimum Gasteiger partial charge on any atom is -0.444 e. The molecule has 0 aromatic carbocycles. The molecule has 0 heterocycles. The van der Waals surface area contributed by atoms with Crippen LogP contribution in [0, 0.1) is 0 Å². The number of methoxy groups -OCH3 is 1. The zero-order valence-corrected chi connectivity index (χ0v) is 12.5. The van der Waals surface area contributed by atoms with Crippen LogP contribution < -0.4 is 5.32 Å². The molecular formula is C11H20BrNO4. The van der Waals surface area contributed by atoms with E-state index in [0.717, 1.165) is 0 Å². The Labute approximate surface area is 110 Å². The third kappa shape index (κ3) is 6.63. The Bertz CT molecular complexity index is 275. The summed E-state index contributed by atoms with van der Waals surface area (Å²) in [6, 6.07) is -0.714. The van der Waals surface area contributed by atoms with Crippen LogP contribution >= 0.6 is 15.9 Å². The van der Waals surface area contributed by atoms with Crippen molar-refractivity contribution in [3.05, 3.63) is 0 Å². The van der Waals surface area contributed by atoms with Gasteiger partial charge in [-0.05, 0) is 27.7 Å². The van der Waals surface area contributed by atoms with E-state index in [1.807, 2.05) is 0 Å². The molecule has 5 nitrogen and oxygen atoms in total. The van der Waals surface area contributed by atoms with E-state index in [4.69, 9.17) is 9.47 Å². The molecule has 0 saturated heterocycles. The maximum atomic E-state index is 11.6. The van der Waals surface area contributed by atoms with Gasteiger partial charge < -0.3 is 14.8 Å². The number of alkyl halides is 1. The SMILES string of the molecule is COC(C)C(NC(=O)OC(C)(C)C)C(=O)CBr. The number of halogens is 1. The van der Waals surface area contributed by atoms with Gasteiger partial charge in [0.25, 0.3) is 0 Å². The van der Waals surface area contributed by atoms with Gasteiger partial charge in [-0.3, -0.25) is 4.79 Å². The molecule has 0 bridgehead atoms. The zero-order chi connectivity index (χ0) is 13.6. The largest absolute Gasteiger partial charge is 0.444 e. The quantitative estimate of drug-likeness (QED) is 0.788. The number of hydrogen-bond acceptors (Lipinski definition) is 4. The topological polar surface area (TPSA) is 64.6 Å². The van der Waals surface area contributed by atoms with E-state index in [-0.39, 0.29) is 11.1 Å². The molecule has 0 spiro atoms. The van der Waals surface area contributed by atoms with E-state index in [9.17, 15) is 9.59 Å². The molecule has 0 aromatic heterocycles. The van der Waals surface area contributed by atoms with E-state index < -0.39 is 23.8 Å². The molecule has 0 aliphatic rings. The number of ketones is 1. The molecule has 0 radical (unpaired) electrons. The molecule has 0 saturated carbocycles. The maximum Gasteiger partial charge on any atom is 0.408 e. The normalized spacial score (nSPS) is 14.9. The van der Waals surface area contributed by atoms with Crippen molar-refractivity contribution in [2.75, 3.05) is 12.4 Å². The molecule has 2 unspecified atom stereocenters. The van der Waals surface area contributed by atoms with Crippen LogP contribution in [0.3, 0.4) is 0 Å². The molecule has 100 valence electrons. The van der Waals surface area contributed by atoms with Gasteiger partial charge in [0.1, 0.15) is 11.6 Å². The van der Waals surface area contributed by atoms with E-state index in [2.05, 4.69) is 21.2 Å². The molecule has 0 aromatic rings. The summed E-state index contributed by atoms with van der Waals surface area (Å²) >= 11 is 3.07. The standard InChI is InChI=1S/C11H20BrNO4/c1-7(16-5)9(8(14)6-12)13-10(15)17-11(2,3)4/h7,9H,6H2,1-5H3,(H,13,15). The number of alkyl carbamates (subject to hydrolysis) is 1. The Morgan fingerprint density at radius 3 is 2.24 bits per heavy atom. The minimum atomic E-state index is -0.714. The Kier molecular flexibility index (Phi) is 6.70. The number of carbonyl (C=O) groups is 2. The van der Waals surface area contributed by atoms with Gasteiger partial charge in [-0.25, -0.2) is 4.79 Å². The van der Waals surface area contributed by atoms with Crippen LogP contribution in [0.2, 0.25) is 0 Å². The fourth-order valence-electron chi connectivity index (χ4n) is 1.11. The fourth-order valence-corrected chi connectivity index (χ4v) is 1.46.